The third-order valence-corrected chi connectivity index (χ3v) is 8.14. The van der Waals surface area contributed by atoms with Crippen molar-refractivity contribution in [3.63, 3.8) is 0 Å². The van der Waals surface area contributed by atoms with E-state index >= 15 is 0 Å². The van der Waals surface area contributed by atoms with Crippen molar-refractivity contribution in [1.29, 1.82) is 0 Å². The van der Waals surface area contributed by atoms with Gasteiger partial charge in [0.15, 0.2) is 0 Å². The topological polar surface area (TPSA) is 157 Å². The number of unbranched alkanes of at least 4 members (excludes halogenated alkanes) is 10. The molecule has 0 aliphatic rings. The summed E-state index contributed by atoms with van der Waals surface area (Å²) in [6, 6.07) is 9.72. The van der Waals surface area contributed by atoms with Crippen LogP contribution >= 0.6 is 0 Å². The zero-order valence-electron chi connectivity index (χ0n) is 27.9. The monoisotopic (exact) mass is 638 g/mol. The summed E-state index contributed by atoms with van der Waals surface area (Å²) in [6.07, 6.45) is 14.0. The van der Waals surface area contributed by atoms with Crippen molar-refractivity contribution in [2.45, 2.75) is 124 Å². The summed E-state index contributed by atoms with van der Waals surface area (Å²) in [4.78, 5) is 52.7. The fraction of sp³-hybridized carbons (Fsp3) is 0.556. The molecule has 2 rings (SSSR count). The number of amides is 4. The first-order valence-corrected chi connectivity index (χ1v) is 17.1. The summed E-state index contributed by atoms with van der Waals surface area (Å²) in [5, 5.41) is 20.8. The molecule has 0 saturated heterocycles. The van der Waals surface area contributed by atoms with E-state index in [2.05, 4.69) is 42.5 Å². The van der Waals surface area contributed by atoms with Gasteiger partial charge in [-0.3, -0.25) is 40.9 Å². The number of phenolic OH excluding ortho intramolecular Hbond substituents is 2. The number of benzene rings is 2. The van der Waals surface area contributed by atoms with Crippen molar-refractivity contribution in [3.8, 4) is 11.5 Å². The van der Waals surface area contributed by atoms with E-state index in [1.165, 1.54) is 18.6 Å². The second-order valence-electron chi connectivity index (χ2n) is 11.9. The smallest absolute Gasteiger partial charge is 0.273 e. The third kappa shape index (κ3) is 12.7. The van der Waals surface area contributed by atoms with Crippen LogP contribution in [0.15, 0.2) is 36.4 Å². The normalized spacial score (nSPS) is 10.9. The average molecular weight is 639 g/mol. The Hall–Kier alpha value is -4.08. The van der Waals surface area contributed by atoms with E-state index in [4.69, 9.17) is 0 Å². The van der Waals surface area contributed by atoms with Crippen LogP contribution in [0, 0.1) is 5.92 Å². The van der Waals surface area contributed by atoms with Crippen LogP contribution in [0.3, 0.4) is 0 Å². The van der Waals surface area contributed by atoms with Gasteiger partial charge in [0, 0.05) is 0 Å². The molecule has 0 bridgehead atoms. The van der Waals surface area contributed by atoms with Crippen LogP contribution in [0.5, 0.6) is 11.5 Å². The number of carbonyl (C=O) groups is 4. The van der Waals surface area contributed by atoms with E-state index in [0.29, 0.717) is 30.4 Å². The van der Waals surface area contributed by atoms with Gasteiger partial charge in [0.1, 0.15) is 17.4 Å². The van der Waals surface area contributed by atoms with Gasteiger partial charge in [-0.1, -0.05) is 116 Å². The Labute approximate surface area is 274 Å². The Kier molecular flexibility index (Phi) is 17.9. The van der Waals surface area contributed by atoms with Crippen molar-refractivity contribution >= 4 is 23.6 Å². The molecule has 2 aromatic carbocycles. The molecule has 0 atom stereocenters. The lowest BCUT2D eigenvalue weighted by Gasteiger charge is -2.19. The predicted molar refractivity (Wildman–Crippen MR) is 180 cm³/mol. The van der Waals surface area contributed by atoms with Crippen LogP contribution < -0.4 is 21.7 Å². The van der Waals surface area contributed by atoms with Crippen molar-refractivity contribution in [3.05, 3.63) is 58.7 Å². The summed E-state index contributed by atoms with van der Waals surface area (Å²) in [5.74, 6) is -4.45. The standard InChI is InChI=1S/C36H54N4O6/c1-4-7-10-11-12-13-16-23-28(33(43)37-39-35(45)31-26(19-14-8-5-2)21-17-24-29(31)41)34(44)38-40-36(46)32-27(20-15-9-6-3)22-18-25-30(32)42/h17-18,21-22,24-25,28,41-42H,4-16,19-20,23H2,1-3H3,(H,37,43)(H,38,44)(H,39,45)(H,40,46). The maximum atomic E-state index is 13.3. The number of hydrogen-bond acceptors (Lipinski definition) is 6. The minimum atomic E-state index is -1.21. The van der Waals surface area contributed by atoms with E-state index in [0.717, 1.165) is 70.6 Å². The molecule has 0 radical (unpaired) electrons. The van der Waals surface area contributed by atoms with E-state index < -0.39 is 29.5 Å². The van der Waals surface area contributed by atoms with Crippen LogP contribution in [-0.2, 0) is 22.4 Å². The molecule has 0 aliphatic carbocycles. The van der Waals surface area contributed by atoms with Crippen molar-refractivity contribution in [1.82, 2.24) is 21.7 Å². The Balaban J connectivity index is 2.11. The van der Waals surface area contributed by atoms with E-state index in [9.17, 15) is 29.4 Å². The van der Waals surface area contributed by atoms with Crippen molar-refractivity contribution in [2.75, 3.05) is 0 Å². The Bertz CT molecular complexity index is 1180. The molecular formula is C36H54N4O6. The zero-order chi connectivity index (χ0) is 33.7. The third-order valence-electron chi connectivity index (χ3n) is 8.14. The molecule has 0 spiro atoms. The minimum Gasteiger partial charge on any atom is -0.507 e. The fourth-order valence-electron chi connectivity index (χ4n) is 5.47. The highest BCUT2D eigenvalue weighted by atomic mass is 16.3. The largest absolute Gasteiger partial charge is 0.507 e. The second kappa shape index (κ2) is 21.6. The van der Waals surface area contributed by atoms with Gasteiger partial charge in [0.05, 0.1) is 11.1 Å². The van der Waals surface area contributed by atoms with Crippen LogP contribution in [0.1, 0.15) is 143 Å². The quantitative estimate of drug-likeness (QED) is 0.0549. The average Bonchev–Trinajstić information content (AvgIpc) is 3.04. The summed E-state index contributed by atoms with van der Waals surface area (Å²) in [5.41, 5.74) is 10.9. The van der Waals surface area contributed by atoms with Gasteiger partial charge in [-0.15, -0.1) is 0 Å². The highest BCUT2D eigenvalue weighted by Crippen LogP contribution is 2.24. The molecule has 46 heavy (non-hydrogen) atoms. The van der Waals surface area contributed by atoms with Crippen molar-refractivity contribution < 1.29 is 29.4 Å². The Morgan fingerprint density at radius 3 is 1.37 bits per heavy atom. The maximum Gasteiger partial charge on any atom is 0.273 e. The van der Waals surface area contributed by atoms with E-state index in [1.54, 1.807) is 24.3 Å². The number of rotatable bonds is 20. The van der Waals surface area contributed by atoms with Crippen LogP contribution in [0.4, 0.5) is 0 Å². The SMILES string of the molecule is CCCCCCCCCC(C(=O)NNC(=O)c1c(O)cccc1CCCCC)C(=O)NNC(=O)c1c(O)cccc1CCCCC. The molecule has 10 nitrogen and oxygen atoms in total. The molecule has 0 saturated carbocycles. The van der Waals surface area contributed by atoms with Crippen molar-refractivity contribution in [2.24, 2.45) is 5.92 Å². The fourth-order valence-corrected chi connectivity index (χ4v) is 5.47. The Morgan fingerprint density at radius 1 is 0.543 bits per heavy atom. The molecule has 6 N–H and O–H groups in total. The molecule has 2 aromatic rings. The lowest BCUT2D eigenvalue weighted by atomic mass is 9.98. The first-order valence-electron chi connectivity index (χ1n) is 17.1. The number of hydrogen-bond donors (Lipinski definition) is 6. The molecule has 0 fully saturated rings. The van der Waals surface area contributed by atoms with Gasteiger partial charge in [0.2, 0.25) is 0 Å². The van der Waals surface area contributed by atoms with E-state index in [1.807, 2.05) is 0 Å². The van der Waals surface area contributed by atoms with E-state index in [-0.39, 0.29) is 29.0 Å². The highest BCUT2D eigenvalue weighted by Gasteiger charge is 2.28. The van der Waals surface area contributed by atoms with Crippen LogP contribution in [-0.4, -0.2) is 33.8 Å². The molecule has 10 heteroatoms. The number of aromatic hydroxyl groups is 2. The molecule has 0 unspecified atom stereocenters. The maximum absolute atomic E-state index is 13.3. The molecule has 254 valence electrons. The van der Waals surface area contributed by atoms with Crippen LogP contribution in [0.2, 0.25) is 0 Å². The van der Waals surface area contributed by atoms with Crippen LogP contribution in [0.25, 0.3) is 0 Å². The first-order chi connectivity index (χ1) is 22.2. The number of aryl methyl sites for hydroxylation is 2. The summed E-state index contributed by atoms with van der Waals surface area (Å²) in [7, 11) is 0. The number of nitrogens with one attached hydrogen (secondary N) is 4. The molecule has 0 heterocycles. The lowest BCUT2D eigenvalue weighted by Crippen LogP contribution is -2.52. The number of hydrazine groups is 2. The highest BCUT2D eigenvalue weighted by molar-refractivity contribution is 6.04. The Morgan fingerprint density at radius 2 is 0.935 bits per heavy atom. The minimum absolute atomic E-state index is 0.0802. The number of carbonyl (C=O) groups excluding carboxylic acids is 4. The number of phenols is 2. The van der Waals surface area contributed by atoms with Gasteiger partial charge in [-0.05, 0) is 55.4 Å². The van der Waals surface area contributed by atoms with Gasteiger partial charge in [-0.25, -0.2) is 0 Å². The predicted octanol–water partition coefficient (Wildman–Crippen LogP) is 6.54. The molecular weight excluding hydrogens is 584 g/mol. The molecule has 0 aromatic heterocycles. The van der Waals surface area contributed by atoms with Gasteiger partial charge in [-0.2, -0.15) is 0 Å². The summed E-state index contributed by atoms with van der Waals surface area (Å²) >= 11 is 0. The van der Waals surface area contributed by atoms with Gasteiger partial charge in [0.25, 0.3) is 23.6 Å². The summed E-state index contributed by atoms with van der Waals surface area (Å²) < 4.78 is 0. The molecule has 4 amide bonds. The molecule has 0 aliphatic heterocycles. The van der Waals surface area contributed by atoms with Gasteiger partial charge >= 0.3 is 0 Å². The first kappa shape index (κ1) is 38.1. The second-order valence-corrected chi connectivity index (χ2v) is 11.9. The zero-order valence-corrected chi connectivity index (χ0v) is 27.9. The lowest BCUT2D eigenvalue weighted by molar-refractivity contribution is -0.136. The summed E-state index contributed by atoms with van der Waals surface area (Å²) in [6.45, 7) is 6.30. The van der Waals surface area contributed by atoms with Gasteiger partial charge < -0.3 is 10.2 Å².